The second kappa shape index (κ2) is 8.02. The summed E-state index contributed by atoms with van der Waals surface area (Å²) in [6, 6.07) is 15.5. The molecule has 0 fully saturated rings. The van der Waals surface area contributed by atoms with Crippen LogP contribution in [0.3, 0.4) is 0 Å². The van der Waals surface area contributed by atoms with Gasteiger partial charge in [-0.15, -0.1) is 0 Å². The molecule has 2 nitrogen and oxygen atoms in total. The number of nitrogens with zero attached hydrogens (tertiary/aromatic N) is 2. The van der Waals surface area contributed by atoms with Crippen molar-refractivity contribution in [1.29, 1.82) is 0 Å². The van der Waals surface area contributed by atoms with Crippen molar-refractivity contribution < 1.29 is 4.58 Å². The molecule has 0 N–H and O–H groups in total. The van der Waals surface area contributed by atoms with E-state index < -0.39 is 0 Å². The Morgan fingerprint density at radius 1 is 1.00 bits per heavy atom. The van der Waals surface area contributed by atoms with E-state index in [9.17, 15) is 0 Å². The Hall–Kier alpha value is -1.87. The Balaban J connectivity index is 1.92. The van der Waals surface area contributed by atoms with Gasteiger partial charge in [0.1, 0.15) is 7.05 Å². The number of benzene rings is 2. The van der Waals surface area contributed by atoms with Crippen LogP contribution in [0.25, 0.3) is 6.08 Å². The standard InChI is InChI=1S/C24H30BrN2/c1-6-24(4)21-17-19(25)12-15-22(21)26(5)23(24)16-11-18-9-13-20(14-10-18)27(7-2)8-3/h9-17H,6-8H2,1-5H3/q+1. The molecule has 1 unspecified atom stereocenters. The maximum Gasteiger partial charge on any atom is 0.209 e. The van der Waals surface area contributed by atoms with Crippen LogP contribution in [0.5, 0.6) is 0 Å². The van der Waals surface area contributed by atoms with E-state index >= 15 is 0 Å². The number of hydrogen-bond donors (Lipinski definition) is 0. The maximum atomic E-state index is 3.64. The fourth-order valence-electron chi connectivity index (χ4n) is 4.11. The zero-order chi connectivity index (χ0) is 19.6. The molecule has 0 saturated heterocycles. The molecule has 1 atom stereocenters. The van der Waals surface area contributed by atoms with Gasteiger partial charge in [-0.1, -0.05) is 35.0 Å². The minimum atomic E-state index is 0.0333. The maximum absolute atomic E-state index is 3.64. The first-order chi connectivity index (χ1) is 12.9. The quantitative estimate of drug-likeness (QED) is 0.484. The summed E-state index contributed by atoms with van der Waals surface area (Å²) in [7, 11) is 2.18. The molecule has 3 heteroatoms. The topological polar surface area (TPSA) is 6.25 Å². The predicted molar refractivity (Wildman–Crippen MR) is 122 cm³/mol. The fourth-order valence-corrected chi connectivity index (χ4v) is 4.47. The predicted octanol–water partition coefficient (Wildman–Crippen LogP) is 6.40. The van der Waals surface area contributed by atoms with Crippen LogP contribution in [-0.4, -0.2) is 30.4 Å². The summed E-state index contributed by atoms with van der Waals surface area (Å²) in [4.78, 5) is 2.37. The molecule has 1 aliphatic rings. The second-order valence-electron chi connectivity index (χ2n) is 7.39. The summed E-state index contributed by atoms with van der Waals surface area (Å²) >= 11 is 3.64. The summed E-state index contributed by atoms with van der Waals surface area (Å²) in [6.07, 6.45) is 5.61. The molecule has 0 spiro atoms. The van der Waals surface area contributed by atoms with Crippen molar-refractivity contribution >= 4 is 39.1 Å². The lowest BCUT2D eigenvalue weighted by Crippen LogP contribution is -2.29. The highest BCUT2D eigenvalue weighted by molar-refractivity contribution is 9.10. The number of fused-ring (bicyclic) bond motifs is 1. The number of allylic oxidation sites excluding steroid dienone is 1. The lowest BCUT2D eigenvalue weighted by molar-refractivity contribution is -0.401. The zero-order valence-electron chi connectivity index (χ0n) is 17.1. The molecule has 0 aliphatic carbocycles. The Morgan fingerprint density at radius 3 is 2.26 bits per heavy atom. The number of anilines is 1. The molecule has 0 bridgehead atoms. The van der Waals surface area contributed by atoms with Crippen LogP contribution in [0.15, 0.2) is 53.0 Å². The number of rotatable bonds is 6. The van der Waals surface area contributed by atoms with E-state index in [1.807, 2.05) is 0 Å². The third-order valence-corrected chi connectivity index (χ3v) is 6.50. The lowest BCUT2D eigenvalue weighted by Gasteiger charge is -2.21. The molecule has 0 saturated carbocycles. The van der Waals surface area contributed by atoms with Crippen LogP contribution in [0.1, 0.15) is 45.2 Å². The van der Waals surface area contributed by atoms with Gasteiger partial charge in [0.25, 0.3) is 0 Å². The molecule has 2 aromatic carbocycles. The monoisotopic (exact) mass is 425 g/mol. The van der Waals surface area contributed by atoms with Crippen LogP contribution in [0.4, 0.5) is 11.4 Å². The molecule has 0 amide bonds. The molecule has 0 radical (unpaired) electrons. The average Bonchev–Trinajstić information content (AvgIpc) is 2.89. The highest BCUT2D eigenvalue weighted by Gasteiger charge is 2.45. The largest absolute Gasteiger partial charge is 0.372 e. The smallest absolute Gasteiger partial charge is 0.209 e. The van der Waals surface area contributed by atoms with Gasteiger partial charge in [0.15, 0.2) is 5.71 Å². The molecule has 0 aromatic heterocycles. The molecule has 1 heterocycles. The van der Waals surface area contributed by atoms with E-state index in [2.05, 4.69) is 115 Å². The summed E-state index contributed by atoms with van der Waals surface area (Å²) < 4.78 is 3.48. The third kappa shape index (κ3) is 3.62. The summed E-state index contributed by atoms with van der Waals surface area (Å²) in [5.74, 6) is 0. The van der Waals surface area contributed by atoms with Gasteiger partial charge in [-0.2, -0.15) is 4.58 Å². The van der Waals surface area contributed by atoms with Crippen molar-refractivity contribution in [2.75, 3.05) is 25.0 Å². The van der Waals surface area contributed by atoms with Gasteiger partial charge in [0.2, 0.25) is 5.69 Å². The van der Waals surface area contributed by atoms with Crippen molar-refractivity contribution in [3.63, 3.8) is 0 Å². The van der Waals surface area contributed by atoms with Gasteiger partial charge in [-0.3, -0.25) is 0 Å². The van der Waals surface area contributed by atoms with Crippen molar-refractivity contribution in [3.8, 4) is 0 Å². The number of hydrogen-bond acceptors (Lipinski definition) is 1. The van der Waals surface area contributed by atoms with Gasteiger partial charge in [0.05, 0.1) is 5.41 Å². The van der Waals surface area contributed by atoms with Gasteiger partial charge in [-0.05, 0) is 63.1 Å². The minimum absolute atomic E-state index is 0.0333. The van der Waals surface area contributed by atoms with E-state index in [0.717, 1.165) is 24.0 Å². The van der Waals surface area contributed by atoms with E-state index in [0.29, 0.717) is 0 Å². The molecule has 3 rings (SSSR count). The first-order valence-corrected chi connectivity index (χ1v) is 10.7. The number of halogens is 1. The minimum Gasteiger partial charge on any atom is -0.372 e. The van der Waals surface area contributed by atoms with Crippen molar-refractivity contribution in [1.82, 2.24) is 0 Å². The Kier molecular flexibility index (Phi) is 5.90. The van der Waals surface area contributed by atoms with Crippen LogP contribution >= 0.6 is 15.9 Å². The third-order valence-electron chi connectivity index (χ3n) is 6.00. The van der Waals surface area contributed by atoms with E-state index in [-0.39, 0.29) is 5.41 Å². The summed E-state index contributed by atoms with van der Waals surface area (Å²) in [5, 5.41) is 0. The summed E-state index contributed by atoms with van der Waals surface area (Å²) in [6.45, 7) is 11.1. The van der Waals surface area contributed by atoms with Gasteiger partial charge in [-0.25, -0.2) is 0 Å². The second-order valence-corrected chi connectivity index (χ2v) is 8.30. The Labute approximate surface area is 172 Å². The van der Waals surface area contributed by atoms with Crippen molar-refractivity contribution in [2.45, 2.75) is 39.5 Å². The molecule has 1 aliphatic heterocycles. The van der Waals surface area contributed by atoms with Gasteiger partial charge < -0.3 is 4.90 Å². The van der Waals surface area contributed by atoms with Gasteiger partial charge in [0, 0.05) is 41.0 Å². The summed E-state index contributed by atoms with van der Waals surface area (Å²) in [5.41, 5.74) is 6.62. The zero-order valence-corrected chi connectivity index (χ0v) is 18.7. The van der Waals surface area contributed by atoms with E-state index in [1.165, 1.54) is 28.2 Å². The molecule has 142 valence electrons. The van der Waals surface area contributed by atoms with Crippen molar-refractivity contribution in [2.24, 2.45) is 0 Å². The van der Waals surface area contributed by atoms with Crippen LogP contribution in [-0.2, 0) is 5.41 Å². The molecular formula is C24H30BrN2+. The van der Waals surface area contributed by atoms with Crippen LogP contribution < -0.4 is 4.90 Å². The Bertz CT molecular complexity index is 876. The fraction of sp³-hybridized carbons (Fsp3) is 0.375. The van der Waals surface area contributed by atoms with Crippen LogP contribution in [0, 0.1) is 0 Å². The Morgan fingerprint density at radius 2 is 1.67 bits per heavy atom. The average molecular weight is 426 g/mol. The van der Waals surface area contributed by atoms with Crippen molar-refractivity contribution in [3.05, 3.63) is 64.1 Å². The highest BCUT2D eigenvalue weighted by atomic mass is 79.9. The first-order valence-electron chi connectivity index (χ1n) is 9.88. The normalized spacial score (nSPS) is 19.0. The SMILES string of the molecule is CCN(CC)c1ccc(/C=C/C2=[N+](C)c3ccc(Br)cc3C2(C)CC)cc1. The molecule has 2 aromatic rings. The van der Waals surface area contributed by atoms with E-state index in [4.69, 9.17) is 0 Å². The highest BCUT2D eigenvalue weighted by Crippen LogP contribution is 2.43. The lowest BCUT2D eigenvalue weighted by atomic mass is 9.77. The van der Waals surface area contributed by atoms with Crippen LogP contribution in [0.2, 0.25) is 0 Å². The molecule has 27 heavy (non-hydrogen) atoms. The van der Waals surface area contributed by atoms with E-state index in [1.54, 1.807) is 0 Å². The molecular weight excluding hydrogens is 396 g/mol. The van der Waals surface area contributed by atoms with Gasteiger partial charge >= 0.3 is 0 Å². The first kappa shape index (κ1) is 19.9.